The molecule has 1 saturated heterocycles. The van der Waals surface area contributed by atoms with Crippen molar-refractivity contribution >= 4 is 22.7 Å². The van der Waals surface area contributed by atoms with E-state index in [-0.39, 0.29) is 19.5 Å². The third-order valence-electron chi connectivity index (χ3n) is 4.04. The summed E-state index contributed by atoms with van der Waals surface area (Å²) >= 11 is 0. The highest BCUT2D eigenvalue weighted by atomic mass is 16.7. The molecular weight excluding hydrogens is 336 g/mol. The number of nitrogen functional groups attached to an aromatic ring is 4. The molecule has 140 valence electrons. The fraction of sp³-hybridized carbons (Fsp3) is 0.333. The Morgan fingerprint density at radius 2 is 1.35 bits per heavy atom. The van der Waals surface area contributed by atoms with Gasteiger partial charge in [-0.1, -0.05) is 0 Å². The zero-order valence-corrected chi connectivity index (χ0v) is 14.4. The van der Waals surface area contributed by atoms with Gasteiger partial charge in [-0.15, -0.1) is 0 Å². The van der Waals surface area contributed by atoms with E-state index < -0.39 is 6.10 Å². The lowest BCUT2D eigenvalue weighted by atomic mass is 10.1. The Kier molecular flexibility index (Phi) is 5.55. The molecule has 2 aromatic rings. The number of rotatable bonds is 4. The van der Waals surface area contributed by atoms with Gasteiger partial charge in [0.05, 0.1) is 24.6 Å². The highest BCUT2D eigenvalue weighted by Gasteiger charge is 2.28. The van der Waals surface area contributed by atoms with Gasteiger partial charge in [0, 0.05) is 29.9 Å². The van der Waals surface area contributed by atoms with Crippen LogP contribution in [-0.4, -0.2) is 32.2 Å². The summed E-state index contributed by atoms with van der Waals surface area (Å²) in [7, 11) is 0. The van der Waals surface area contributed by atoms with Crippen LogP contribution in [0.1, 0.15) is 6.42 Å². The highest BCUT2D eigenvalue weighted by molar-refractivity contribution is 5.60. The van der Waals surface area contributed by atoms with E-state index in [1.54, 1.807) is 36.4 Å². The van der Waals surface area contributed by atoms with Crippen molar-refractivity contribution in [1.82, 2.24) is 0 Å². The molecule has 2 unspecified atom stereocenters. The molecule has 1 aliphatic rings. The van der Waals surface area contributed by atoms with Gasteiger partial charge in [0.1, 0.15) is 24.4 Å². The van der Waals surface area contributed by atoms with Gasteiger partial charge >= 0.3 is 0 Å². The SMILES string of the molecule is Nc1ccc(N)c(OC2CCOCOCC2Oc2cc(N)ccc2N)c1. The number of nitrogens with two attached hydrogens (primary N) is 4. The van der Waals surface area contributed by atoms with Crippen molar-refractivity contribution in [2.24, 2.45) is 0 Å². The summed E-state index contributed by atoms with van der Waals surface area (Å²) in [4.78, 5) is 0. The number of benzene rings is 2. The summed E-state index contributed by atoms with van der Waals surface area (Å²) < 4.78 is 23.0. The first-order valence-electron chi connectivity index (χ1n) is 8.31. The van der Waals surface area contributed by atoms with Gasteiger partial charge in [0.2, 0.25) is 0 Å². The maximum atomic E-state index is 6.10. The van der Waals surface area contributed by atoms with Gasteiger partial charge in [-0.2, -0.15) is 0 Å². The molecule has 3 rings (SSSR count). The van der Waals surface area contributed by atoms with E-state index in [2.05, 4.69) is 0 Å². The summed E-state index contributed by atoms with van der Waals surface area (Å²) in [5.74, 6) is 0.971. The minimum atomic E-state index is -0.427. The van der Waals surface area contributed by atoms with E-state index in [4.69, 9.17) is 41.9 Å². The Morgan fingerprint density at radius 1 is 0.769 bits per heavy atom. The van der Waals surface area contributed by atoms with Crippen LogP contribution in [0.4, 0.5) is 22.7 Å². The minimum Gasteiger partial charge on any atom is -0.484 e. The number of hydrogen-bond acceptors (Lipinski definition) is 8. The summed E-state index contributed by atoms with van der Waals surface area (Å²) in [6.07, 6.45) is -0.214. The van der Waals surface area contributed by atoms with Crippen LogP contribution >= 0.6 is 0 Å². The zero-order valence-electron chi connectivity index (χ0n) is 14.4. The smallest absolute Gasteiger partial charge is 0.159 e. The lowest BCUT2D eigenvalue weighted by Crippen LogP contribution is -2.42. The second-order valence-corrected chi connectivity index (χ2v) is 6.09. The fourth-order valence-electron chi connectivity index (χ4n) is 2.65. The summed E-state index contributed by atoms with van der Waals surface area (Å²) in [6.45, 7) is 0.916. The Balaban J connectivity index is 1.83. The van der Waals surface area contributed by atoms with E-state index in [1.807, 2.05) is 0 Å². The van der Waals surface area contributed by atoms with Gasteiger partial charge < -0.3 is 41.9 Å². The first-order chi connectivity index (χ1) is 12.5. The Labute approximate surface area is 151 Å². The van der Waals surface area contributed by atoms with Gasteiger partial charge in [0.15, 0.2) is 6.10 Å². The van der Waals surface area contributed by atoms with E-state index in [0.717, 1.165) is 0 Å². The van der Waals surface area contributed by atoms with E-state index >= 15 is 0 Å². The van der Waals surface area contributed by atoms with Crippen molar-refractivity contribution in [1.29, 1.82) is 0 Å². The first-order valence-corrected chi connectivity index (χ1v) is 8.31. The molecule has 2 atom stereocenters. The lowest BCUT2D eigenvalue weighted by Gasteiger charge is -2.31. The third kappa shape index (κ3) is 4.41. The predicted octanol–water partition coefficient (Wildman–Crippen LogP) is 1.60. The van der Waals surface area contributed by atoms with Crippen LogP contribution in [0.5, 0.6) is 11.5 Å². The lowest BCUT2D eigenvalue weighted by molar-refractivity contribution is -0.119. The van der Waals surface area contributed by atoms with E-state index in [9.17, 15) is 0 Å². The molecule has 8 nitrogen and oxygen atoms in total. The molecule has 0 aromatic heterocycles. The van der Waals surface area contributed by atoms with E-state index in [0.29, 0.717) is 47.3 Å². The van der Waals surface area contributed by atoms with E-state index in [1.165, 1.54) is 0 Å². The van der Waals surface area contributed by atoms with Crippen molar-refractivity contribution in [3.63, 3.8) is 0 Å². The minimum absolute atomic E-state index is 0.194. The molecule has 1 aliphatic heterocycles. The quantitative estimate of drug-likeness (QED) is 0.603. The monoisotopic (exact) mass is 360 g/mol. The number of anilines is 4. The third-order valence-corrected chi connectivity index (χ3v) is 4.04. The molecule has 8 N–H and O–H groups in total. The molecule has 0 bridgehead atoms. The van der Waals surface area contributed by atoms with Crippen molar-refractivity contribution in [3.8, 4) is 11.5 Å². The van der Waals surface area contributed by atoms with Gasteiger partial charge in [-0.3, -0.25) is 0 Å². The largest absolute Gasteiger partial charge is 0.484 e. The summed E-state index contributed by atoms with van der Waals surface area (Å²) in [5, 5.41) is 0. The molecule has 1 heterocycles. The zero-order chi connectivity index (χ0) is 18.5. The van der Waals surface area contributed by atoms with Crippen LogP contribution in [0.2, 0.25) is 0 Å². The number of hydrogen-bond donors (Lipinski definition) is 4. The summed E-state index contributed by atoms with van der Waals surface area (Å²) in [5.41, 5.74) is 25.8. The second-order valence-electron chi connectivity index (χ2n) is 6.09. The number of ether oxygens (including phenoxy) is 4. The van der Waals surface area contributed by atoms with Crippen LogP contribution in [0.15, 0.2) is 36.4 Å². The van der Waals surface area contributed by atoms with Crippen molar-refractivity contribution in [2.45, 2.75) is 18.6 Å². The standard InChI is InChI=1S/C18H24N4O4/c19-11-1-3-13(21)16(7-11)25-15-5-6-23-10-24-9-18(15)26-17-8-12(20)2-4-14(17)22/h1-4,7-8,15,18H,5-6,9-10,19-22H2. The topological polar surface area (TPSA) is 141 Å². The first kappa shape index (κ1) is 18.0. The highest BCUT2D eigenvalue weighted by Crippen LogP contribution is 2.30. The van der Waals surface area contributed by atoms with Crippen molar-refractivity contribution in [2.75, 3.05) is 42.9 Å². The molecule has 1 fully saturated rings. The van der Waals surface area contributed by atoms with Gasteiger partial charge in [-0.05, 0) is 24.3 Å². The molecule has 26 heavy (non-hydrogen) atoms. The average molecular weight is 360 g/mol. The van der Waals surface area contributed by atoms with Crippen molar-refractivity contribution in [3.05, 3.63) is 36.4 Å². The predicted molar refractivity (Wildman–Crippen MR) is 101 cm³/mol. The maximum absolute atomic E-state index is 6.10. The summed E-state index contributed by atoms with van der Waals surface area (Å²) in [6, 6.07) is 10.2. The molecule has 0 spiro atoms. The molecule has 2 aromatic carbocycles. The second kappa shape index (κ2) is 8.03. The molecule has 0 amide bonds. The van der Waals surface area contributed by atoms with Gasteiger partial charge in [-0.25, -0.2) is 0 Å². The molecule has 0 radical (unpaired) electrons. The van der Waals surface area contributed by atoms with Crippen LogP contribution in [0, 0.1) is 0 Å². The molecular formula is C18H24N4O4. The Morgan fingerprint density at radius 3 is 1.96 bits per heavy atom. The molecule has 8 heteroatoms. The maximum Gasteiger partial charge on any atom is 0.159 e. The van der Waals surface area contributed by atoms with Crippen LogP contribution in [-0.2, 0) is 9.47 Å². The van der Waals surface area contributed by atoms with Crippen LogP contribution in [0.3, 0.4) is 0 Å². The van der Waals surface area contributed by atoms with Crippen molar-refractivity contribution < 1.29 is 18.9 Å². The fourth-order valence-corrected chi connectivity index (χ4v) is 2.65. The Bertz CT molecular complexity index is 692. The molecule has 0 aliphatic carbocycles. The van der Waals surface area contributed by atoms with Gasteiger partial charge in [0.25, 0.3) is 0 Å². The Hall–Kier alpha value is -2.84. The average Bonchev–Trinajstić information content (AvgIpc) is 2.59. The molecule has 0 saturated carbocycles. The van der Waals surface area contributed by atoms with Crippen LogP contribution in [0.25, 0.3) is 0 Å². The normalized spacial score (nSPS) is 20.8. The van der Waals surface area contributed by atoms with Crippen LogP contribution < -0.4 is 32.4 Å².